The van der Waals surface area contributed by atoms with Gasteiger partial charge >= 0.3 is 0 Å². The fraction of sp³-hybridized carbons (Fsp3) is 1.00. The van der Waals surface area contributed by atoms with E-state index < -0.39 is 0 Å². The van der Waals surface area contributed by atoms with Crippen molar-refractivity contribution in [1.82, 2.24) is 5.32 Å². The van der Waals surface area contributed by atoms with Gasteiger partial charge in [-0.2, -0.15) is 0 Å². The third kappa shape index (κ3) is 4.04. The van der Waals surface area contributed by atoms with Crippen LogP contribution >= 0.6 is 0 Å². The highest BCUT2D eigenvalue weighted by Crippen LogP contribution is 2.28. The molecule has 1 aliphatic rings. The SMILES string of the molecule is CCC(CC)CNCC1(CN)CCOCC1. The van der Waals surface area contributed by atoms with Crippen LogP contribution in [0.2, 0.25) is 0 Å². The second kappa shape index (κ2) is 7.25. The molecule has 0 aromatic carbocycles. The first kappa shape index (κ1) is 13.9. The van der Waals surface area contributed by atoms with Gasteiger partial charge in [0.25, 0.3) is 0 Å². The lowest BCUT2D eigenvalue weighted by Gasteiger charge is -2.36. The van der Waals surface area contributed by atoms with Crippen LogP contribution in [0.4, 0.5) is 0 Å². The largest absolute Gasteiger partial charge is 0.381 e. The van der Waals surface area contributed by atoms with E-state index in [1.807, 2.05) is 0 Å². The molecule has 1 rings (SSSR count). The molecule has 1 saturated heterocycles. The fourth-order valence-corrected chi connectivity index (χ4v) is 2.38. The van der Waals surface area contributed by atoms with Gasteiger partial charge in [-0.1, -0.05) is 26.7 Å². The number of hydrogen-bond acceptors (Lipinski definition) is 3. The first-order chi connectivity index (χ1) is 7.76. The van der Waals surface area contributed by atoms with Crippen LogP contribution in [0.25, 0.3) is 0 Å². The molecule has 0 bridgehead atoms. The number of rotatable bonds is 7. The highest BCUT2D eigenvalue weighted by molar-refractivity contribution is 4.85. The Morgan fingerprint density at radius 2 is 1.88 bits per heavy atom. The van der Waals surface area contributed by atoms with Crippen molar-refractivity contribution in [2.75, 3.05) is 32.8 Å². The second-order valence-electron chi connectivity index (χ2n) is 5.13. The summed E-state index contributed by atoms with van der Waals surface area (Å²) in [6.07, 6.45) is 4.75. The van der Waals surface area contributed by atoms with E-state index in [-0.39, 0.29) is 0 Å². The molecule has 0 aromatic heterocycles. The molecule has 16 heavy (non-hydrogen) atoms. The van der Waals surface area contributed by atoms with E-state index >= 15 is 0 Å². The Balaban J connectivity index is 2.27. The lowest BCUT2D eigenvalue weighted by atomic mass is 9.80. The zero-order valence-electron chi connectivity index (χ0n) is 10.9. The predicted molar refractivity (Wildman–Crippen MR) is 68.5 cm³/mol. The highest BCUT2D eigenvalue weighted by atomic mass is 16.5. The Labute approximate surface area is 100 Å². The summed E-state index contributed by atoms with van der Waals surface area (Å²) in [6, 6.07) is 0. The van der Waals surface area contributed by atoms with Crippen molar-refractivity contribution in [2.24, 2.45) is 17.1 Å². The van der Waals surface area contributed by atoms with Gasteiger partial charge in [-0.25, -0.2) is 0 Å². The number of hydrogen-bond donors (Lipinski definition) is 2. The summed E-state index contributed by atoms with van der Waals surface area (Å²) in [5.74, 6) is 0.815. The van der Waals surface area contributed by atoms with Gasteiger partial charge in [-0.15, -0.1) is 0 Å². The molecule has 3 N–H and O–H groups in total. The second-order valence-corrected chi connectivity index (χ2v) is 5.13. The first-order valence-electron chi connectivity index (χ1n) is 6.75. The summed E-state index contributed by atoms with van der Waals surface area (Å²) in [7, 11) is 0. The summed E-state index contributed by atoms with van der Waals surface area (Å²) >= 11 is 0. The molecular formula is C13H28N2O. The molecule has 1 fully saturated rings. The molecule has 96 valence electrons. The van der Waals surface area contributed by atoms with Gasteiger partial charge in [0, 0.05) is 19.8 Å². The third-order valence-corrected chi connectivity index (χ3v) is 4.07. The zero-order chi connectivity index (χ0) is 11.9. The maximum atomic E-state index is 5.92. The zero-order valence-corrected chi connectivity index (χ0v) is 10.9. The van der Waals surface area contributed by atoms with Crippen LogP contribution in [0.15, 0.2) is 0 Å². The molecule has 0 spiro atoms. The summed E-state index contributed by atoms with van der Waals surface area (Å²) in [5.41, 5.74) is 6.22. The Hall–Kier alpha value is -0.120. The third-order valence-electron chi connectivity index (χ3n) is 4.07. The maximum Gasteiger partial charge on any atom is 0.0472 e. The summed E-state index contributed by atoms with van der Waals surface area (Å²) in [6.45, 7) is 9.27. The molecule has 0 unspecified atom stereocenters. The molecule has 0 atom stereocenters. The van der Waals surface area contributed by atoms with Crippen molar-refractivity contribution in [3.8, 4) is 0 Å². The lowest BCUT2D eigenvalue weighted by Crippen LogP contribution is -2.45. The normalized spacial score (nSPS) is 20.2. The van der Waals surface area contributed by atoms with Gasteiger partial charge in [0.15, 0.2) is 0 Å². The summed E-state index contributed by atoms with van der Waals surface area (Å²) < 4.78 is 5.41. The lowest BCUT2D eigenvalue weighted by molar-refractivity contribution is 0.0188. The molecule has 1 aliphatic heterocycles. The quantitative estimate of drug-likeness (QED) is 0.698. The Bertz CT molecular complexity index is 175. The van der Waals surface area contributed by atoms with Crippen molar-refractivity contribution in [3.05, 3.63) is 0 Å². The molecule has 1 heterocycles. The topological polar surface area (TPSA) is 47.3 Å². The molecule has 0 radical (unpaired) electrons. The average molecular weight is 228 g/mol. The summed E-state index contributed by atoms with van der Waals surface area (Å²) in [4.78, 5) is 0. The van der Waals surface area contributed by atoms with Crippen LogP contribution in [0.3, 0.4) is 0 Å². The maximum absolute atomic E-state index is 5.92. The number of nitrogens with two attached hydrogens (primary N) is 1. The highest BCUT2D eigenvalue weighted by Gasteiger charge is 2.30. The van der Waals surface area contributed by atoms with E-state index in [1.165, 1.54) is 12.8 Å². The van der Waals surface area contributed by atoms with Crippen molar-refractivity contribution < 1.29 is 4.74 Å². The van der Waals surface area contributed by atoms with E-state index in [0.29, 0.717) is 5.41 Å². The molecule has 0 amide bonds. The van der Waals surface area contributed by atoms with E-state index in [4.69, 9.17) is 10.5 Å². The van der Waals surface area contributed by atoms with Gasteiger partial charge < -0.3 is 15.8 Å². The van der Waals surface area contributed by atoms with E-state index in [0.717, 1.165) is 51.6 Å². The predicted octanol–water partition coefficient (Wildman–Crippen LogP) is 1.77. The van der Waals surface area contributed by atoms with E-state index in [9.17, 15) is 0 Å². The van der Waals surface area contributed by atoms with Gasteiger partial charge in [-0.3, -0.25) is 0 Å². The Kier molecular flexibility index (Phi) is 6.32. The van der Waals surface area contributed by atoms with Crippen molar-refractivity contribution in [2.45, 2.75) is 39.5 Å². The molecule has 3 nitrogen and oxygen atoms in total. The molecule has 0 aromatic rings. The van der Waals surface area contributed by atoms with Gasteiger partial charge in [0.1, 0.15) is 0 Å². The van der Waals surface area contributed by atoms with Crippen molar-refractivity contribution >= 4 is 0 Å². The Morgan fingerprint density at radius 1 is 1.25 bits per heavy atom. The minimum atomic E-state index is 0.296. The minimum absolute atomic E-state index is 0.296. The average Bonchev–Trinajstić information content (AvgIpc) is 2.36. The monoisotopic (exact) mass is 228 g/mol. The van der Waals surface area contributed by atoms with Gasteiger partial charge in [0.05, 0.1) is 0 Å². The molecular weight excluding hydrogens is 200 g/mol. The van der Waals surface area contributed by atoms with Crippen molar-refractivity contribution in [3.63, 3.8) is 0 Å². The van der Waals surface area contributed by atoms with Gasteiger partial charge in [-0.05, 0) is 37.3 Å². The number of nitrogens with one attached hydrogen (secondary N) is 1. The first-order valence-corrected chi connectivity index (χ1v) is 6.75. The molecule has 0 aliphatic carbocycles. The number of ether oxygens (including phenoxy) is 1. The fourth-order valence-electron chi connectivity index (χ4n) is 2.38. The van der Waals surface area contributed by atoms with Crippen LogP contribution < -0.4 is 11.1 Å². The van der Waals surface area contributed by atoms with Crippen LogP contribution in [0.5, 0.6) is 0 Å². The van der Waals surface area contributed by atoms with Gasteiger partial charge in [0.2, 0.25) is 0 Å². The standard InChI is InChI=1S/C13H28N2O/c1-3-12(4-2)9-15-11-13(10-14)5-7-16-8-6-13/h12,15H,3-11,14H2,1-2H3. The van der Waals surface area contributed by atoms with Crippen LogP contribution in [-0.4, -0.2) is 32.8 Å². The van der Waals surface area contributed by atoms with Crippen LogP contribution in [0.1, 0.15) is 39.5 Å². The minimum Gasteiger partial charge on any atom is -0.381 e. The van der Waals surface area contributed by atoms with E-state index in [1.54, 1.807) is 0 Å². The smallest absolute Gasteiger partial charge is 0.0472 e. The van der Waals surface area contributed by atoms with E-state index in [2.05, 4.69) is 19.2 Å². The van der Waals surface area contributed by atoms with Crippen LogP contribution in [0, 0.1) is 11.3 Å². The molecule has 0 saturated carbocycles. The Morgan fingerprint density at radius 3 is 2.38 bits per heavy atom. The van der Waals surface area contributed by atoms with Crippen LogP contribution in [-0.2, 0) is 4.74 Å². The summed E-state index contributed by atoms with van der Waals surface area (Å²) in [5, 5.41) is 3.61. The molecule has 3 heteroatoms. The van der Waals surface area contributed by atoms with Crippen molar-refractivity contribution in [1.29, 1.82) is 0 Å².